The van der Waals surface area contributed by atoms with Crippen LogP contribution in [0.2, 0.25) is 0 Å². The van der Waals surface area contributed by atoms with Crippen LogP contribution >= 0.6 is 0 Å². The molecule has 2 atom stereocenters. The number of rotatable bonds is 3. The van der Waals surface area contributed by atoms with Crippen LogP contribution in [0.1, 0.15) is 24.0 Å². The Labute approximate surface area is 190 Å². The summed E-state index contributed by atoms with van der Waals surface area (Å²) in [5, 5.41) is 11.8. The van der Waals surface area contributed by atoms with Gasteiger partial charge in [-0.3, -0.25) is 4.79 Å². The normalized spacial score (nSPS) is 23.8. The second kappa shape index (κ2) is 8.50. The second-order valence-electron chi connectivity index (χ2n) is 9.25. The van der Waals surface area contributed by atoms with Gasteiger partial charge in [-0.2, -0.15) is 0 Å². The van der Waals surface area contributed by atoms with E-state index in [1.807, 2.05) is 0 Å². The number of hydrogen-bond donors (Lipinski definition) is 1. The molecular weight excluding hydrogens is 430 g/mol. The number of ether oxygens (including phenoxy) is 1. The van der Waals surface area contributed by atoms with Crippen LogP contribution in [0.3, 0.4) is 0 Å². The molecule has 2 amide bonds. The molecule has 0 aromatic heterocycles. The van der Waals surface area contributed by atoms with Gasteiger partial charge in [0, 0.05) is 44.4 Å². The monoisotopic (exact) mass is 456 g/mol. The first kappa shape index (κ1) is 22.0. The van der Waals surface area contributed by atoms with Gasteiger partial charge in [-0.15, -0.1) is 0 Å². The highest BCUT2D eigenvalue weighted by atomic mass is 19.1. The van der Waals surface area contributed by atoms with Gasteiger partial charge >= 0.3 is 6.03 Å². The van der Waals surface area contributed by atoms with E-state index in [1.54, 1.807) is 9.80 Å². The lowest BCUT2D eigenvalue weighted by Gasteiger charge is -2.50. The molecule has 0 bridgehead atoms. The van der Waals surface area contributed by atoms with Crippen molar-refractivity contribution in [3.63, 3.8) is 0 Å². The Balaban J connectivity index is 1.31. The average Bonchev–Trinajstić information content (AvgIpc) is 2.78. The fourth-order valence-electron chi connectivity index (χ4n) is 5.30. The van der Waals surface area contributed by atoms with Gasteiger partial charge in [0.25, 0.3) is 0 Å². The highest BCUT2D eigenvalue weighted by Gasteiger charge is 2.49. The number of amides is 2. The smallest absolute Gasteiger partial charge is 0.320 e. The highest BCUT2D eigenvalue weighted by Crippen LogP contribution is 2.42. The molecule has 6 nitrogen and oxygen atoms in total. The van der Waals surface area contributed by atoms with Crippen molar-refractivity contribution in [1.29, 1.82) is 0 Å². The van der Waals surface area contributed by atoms with Crippen LogP contribution in [0.4, 0.5) is 13.6 Å². The minimum atomic E-state index is -1.49. The summed E-state index contributed by atoms with van der Waals surface area (Å²) in [6.45, 7) is 1.83. The fourth-order valence-corrected chi connectivity index (χ4v) is 5.30. The lowest BCUT2D eigenvalue weighted by molar-refractivity contribution is -0.140. The lowest BCUT2D eigenvalue weighted by Crippen LogP contribution is -2.62. The van der Waals surface area contributed by atoms with Crippen LogP contribution in [0, 0.1) is 23.5 Å². The number of fused-ring (bicyclic) bond motifs is 1. The molecule has 0 spiro atoms. The van der Waals surface area contributed by atoms with Crippen molar-refractivity contribution in [3.05, 3.63) is 71.3 Å². The first-order valence-electron chi connectivity index (χ1n) is 11.3. The summed E-state index contributed by atoms with van der Waals surface area (Å²) in [5.41, 5.74) is -0.507. The molecule has 1 N–H and O–H groups in total. The number of ketones is 1. The Kier molecular flexibility index (Phi) is 5.66. The molecule has 0 aliphatic carbocycles. The Morgan fingerprint density at radius 2 is 1.52 bits per heavy atom. The molecule has 3 heterocycles. The predicted molar refractivity (Wildman–Crippen MR) is 115 cm³/mol. The molecule has 8 heteroatoms. The van der Waals surface area contributed by atoms with Crippen LogP contribution in [0.15, 0.2) is 48.5 Å². The number of nitrogens with zero attached hydrogens (tertiary/aromatic N) is 2. The van der Waals surface area contributed by atoms with Crippen molar-refractivity contribution in [2.75, 3.05) is 32.8 Å². The summed E-state index contributed by atoms with van der Waals surface area (Å²) in [6, 6.07) is 11.1. The van der Waals surface area contributed by atoms with Crippen LogP contribution in [-0.2, 0) is 15.1 Å². The summed E-state index contributed by atoms with van der Waals surface area (Å²) in [4.78, 5) is 28.3. The molecule has 3 saturated heterocycles. The third-order valence-corrected chi connectivity index (χ3v) is 7.19. The summed E-state index contributed by atoms with van der Waals surface area (Å²) in [6.07, 6.45) is 1.17. The van der Waals surface area contributed by atoms with Gasteiger partial charge in [0.2, 0.25) is 0 Å². The molecule has 2 aromatic rings. The van der Waals surface area contributed by atoms with E-state index in [1.165, 1.54) is 48.5 Å². The molecule has 2 aromatic carbocycles. The molecule has 33 heavy (non-hydrogen) atoms. The summed E-state index contributed by atoms with van der Waals surface area (Å²) >= 11 is 0. The van der Waals surface area contributed by atoms with Crippen molar-refractivity contribution >= 4 is 11.8 Å². The van der Waals surface area contributed by atoms with E-state index in [0.29, 0.717) is 50.1 Å². The number of aliphatic hydroxyl groups is 1. The molecule has 3 aliphatic heterocycles. The van der Waals surface area contributed by atoms with Gasteiger partial charge in [0.15, 0.2) is 5.78 Å². The Hall–Kier alpha value is -2.84. The fraction of sp³-hybridized carbons (Fsp3) is 0.440. The topological polar surface area (TPSA) is 70.1 Å². The summed E-state index contributed by atoms with van der Waals surface area (Å²) in [5.74, 6) is -1.08. The van der Waals surface area contributed by atoms with E-state index >= 15 is 0 Å². The van der Waals surface area contributed by atoms with E-state index in [9.17, 15) is 23.5 Å². The first-order valence-corrected chi connectivity index (χ1v) is 11.3. The number of halogens is 2. The van der Waals surface area contributed by atoms with Crippen LogP contribution in [-0.4, -0.2) is 65.6 Å². The number of carbonyl (C=O) groups excluding carboxylic acids is 2. The SMILES string of the molecule is O=C1CO[C@H]2CCN(C(=O)N3CC(C(O)(c4ccc(F)cc4)c4ccc(F)cc4)C3)C[C@H]2C1. The highest BCUT2D eigenvalue weighted by molar-refractivity contribution is 5.81. The maximum atomic E-state index is 13.5. The van der Waals surface area contributed by atoms with E-state index in [2.05, 4.69) is 0 Å². The number of hydrogen-bond acceptors (Lipinski definition) is 4. The van der Waals surface area contributed by atoms with Crippen LogP contribution in [0.5, 0.6) is 0 Å². The van der Waals surface area contributed by atoms with Crippen molar-refractivity contribution < 1.29 is 28.2 Å². The lowest BCUT2D eigenvalue weighted by atomic mass is 9.72. The maximum absolute atomic E-state index is 13.5. The van der Waals surface area contributed by atoms with E-state index in [-0.39, 0.29) is 36.4 Å². The van der Waals surface area contributed by atoms with Gasteiger partial charge in [0.1, 0.15) is 23.8 Å². The third kappa shape index (κ3) is 4.02. The van der Waals surface area contributed by atoms with E-state index in [0.717, 1.165) is 0 Å². The van der Waals surface area contributed by atoms with Gasteiger partial charge in [-0.25, -0.2) is 13.6 Å². The average molecular weight is 456 g/mol. The van der Waals surface area contributed by atoms with Gasteiger partial charge in [-0.05, 0) is 41.8 Å². The van der Waals surface area contributed by atoms with E-state index < -0.39 is 17.2 Å². The van der Waals surface area contributed by atoms with Crippen molar-refractivity contribution in [2.45, 2.75) is 24.5 Å². The third-order valence-electron chi connectivity index (χ3n) is 7.19. The molecule has 174 valence electrons. The number of carbonyl (C=O) groups is 2. The van der Waals surface area contributed by atoms with Crippen molar-refractivity contribution in [3.8, 4) is 0 Å². The van der Waals surface area contributed by atoms with Crippen LogP contribution < -0.4 is 0 Å². The van der Waals surface area contributed by atoms with Gasteiger partial charge in [-0.1, -0.05) is 24.3 Å². The molecule has 3 fully saturated rings. The summed E-state index contributed by atoms with van der Waals surface area (Å²) in [7, 11) is 0. The van der Waals surface area contributed by atoms with Crippen molar-refractivity contribution in [1.82, 2.24) is 9.80 Å². The molecule has 0 radical (unpaired) electrons. The molecule has 5 rings (SSSR count). The predicted octanol–water partition coefficient (Wildman–Crippen LogP) is 2.93. The molecule has 3 aliphatic rings. The first-order chi connectivity index (χ1) is 15.8. The van der Waals surface area contributed by atoms with Gasteiger partial charge < -0.3 is 19.6 Å². The molecule has 0 saturated carbocycles. The number of Topliss-reactive ketones (excluding diaryl/α,β-unsaturated/α-hetero) is 1. The van der Waals surface area contributed by atoms with Crippen molar-refractivity contribution in [2.24, 2.45) is 11.8 Å². The number of benzene rings is 2. The molecular formula is C25H26F2N2O4. The summed E-state index contributed by atoms with van der Waals surface area (Å²) < 4.78 is 32.7. The number of piperidine rings is 1. The Morgan fingerprint density at radius 1 is 0.939 bits per heavy atom. The largest absolute Gasteiger partial charge is 0.380 e. The van der Waals surface area contributed by atoms with Crippen LogP contribution in [0.25, 0.3) is 0 Å². The van der Waals surface area contributed by atoms with Gasteiger partial charge in [0.05, 0.1) is 6.10 Å². The van der Waals surface area contributed by atoms with E-state index in [4.69, 9.17) is 4.74 Å². The zero-order chi connectivity index (χ0) is 23.2. The Bertz CT molecular complexity index is 992. The molecule has 0 unspecified atom stereocenters. The minimum Gasteiger partial charge on any atom is -0.380 e. The zero-order valence-corrected chi connectivity index (χ0v) is 18.1. The maximum Gasteiger partial charge on any atom is 0.320 e. The standard InChI is InChI=1S/C25H26F2N2O4/c26-20-5-1-17(2-6-20)25(32,18-3-7-21(27)8-4-18)19-13-29(14-19)24(31)28-10-9-23-16(12-28)11-22(30)15-33-23/h1-8,16,19,23,32H,9-15H2/t16-,23+/m1/s1. The minimum absolute atomic E-state index is 0.0244. The quantitative estimate of drug-likeness (QED) is 0.771. The zero-order valence-electron chi connectivity index (χ0n) is 18.1. The second-order valence-corrected chi connectivity index (χ2v) is 9.25. The Morgan fingerprint density at radius 3 is 2.09 bits per heavy atom. The number of urea groups is 1. The number of likely N-dealkylation sites (tertiary alicyclic amines) is 2.